The number of rotatable bonds is 5. The summed E-state index contributed by atoms with van der Waals surface area (Å²) < 4.78 is 18.6. The summed E-state index contributed by atoms with van der Waals surface area (Å²) in [6, 6.07) is 11.4. The van der Waals surface area contributed by atoms with Crippen molar-refractivity contribution in [2.75, 3.05) is 11.5 Å². The van der Waals surface area contributed by atoms with Gasteiger partial charge in [0.1, 0.15) is 16.5 Å². The molecule has 2 aromatic carbocycles. The molecule has 4 rings (SSSR count). The molecule has 1 aliphatic rings. The third-order valence-corrected chi connectivity index (χ3v) is 7.24. The number of amides is 1. The number of thiazole rings is 1. The van der Waals surface area contributed by atoms with Crippen LogP contribution in [0.25, 0.3) is 5.76 Å². The van der Waals surface area contributed by atoms with Crippen molar-refractivity contribution in [2.45, 2.75) is 46.1 Å². The number of ketones is 1. The lowest BCUT2D eigenvalue weighted by molar-refractivity contribution is -0.132. The molecule has 1 atom stereocenters. The number of aryl methyl sites for hydroxylation is 1. The number of benzene rings is 2. The van der Waals surface area contributed by atoms with Gasteiger partial charge in [0.05, 0.1) is 23.9 Å². The molecule has 0 unspecified atom stereocenters. The molecule has 0 saturated carbocycles. The number of esters is 1. The zero-order valence-corrected chi connectivity index (χ0v) is 22.0. The normalized spacial score (nSPS) is 17.4. The third-order valence-electron chi connectivity index (χ3n) is 6.11. The second-order valence-electron chi connectivity index (χ2n) is 9.68. The molecular formula is C28H27FN2O5S. The number of hydrogen-bond acceptors (Lipinski definition) is 7. The van der Waals surface area contributed by atoms with Gasteiger partial charge in [-0.1, -0.05) is 56.4 Å². The number of halogens is 1. The number of anilines is 1. The number of carbonyl (C=O) groups is 3. The lowest BCUT2D eigenvalue weighted by Gasteiger charge is -2.24. The van der Waals surface area contributed by atoms with Crippen molar-refractivity contribution >= 4 is 39.9 Å². The molecule has 0 aliphatic carbocycles. The van der Waals surface area contributed by atoms with E-state index in [-0.39, 0.29) is 33.2 Å². The van der Waals surface area contributed by atoms with Crippen molar-refractivity contribution in [3.8, 4) is 0 Å². The van der Waals surface area contributed by atoms with Crippen LogP contribution in [0.15, 0.2) is 54.1 Å². The molecule has 3 aromatic rings. The third kappa shape index (κ3) is 4.91. The summed E-state index contributed by atoms with van der Waals surface area (Å²) in [5.74, 6) is -3.30. The molecule has 1 N–H and O–H groups in total. The summed E-state index contributed by atoms with van der Waals surface area (Å²) in [5.41, 5.74) is 1.89. The Kier molecular flexibility index (Phi) is 7.01. The highest BCUT2D eigenvalue weighted by Gasteiger charge is 2.48. The van der Waals surface area contributed by atoms with E-state index in [0.29, 0.717) is 11.3 Å². The van der Waals surface area contributed by atoms with E-state index in [9.17, 15) is 23.9 Å². The maximum Gasteiger partial charge on any atom is 0.350 e. The van der Waals surface area contributed by atoms with Crippen LogP contribution in [0.1, 0.15) is 65.8 Å². The zero-order valence-electron chi connectivity index (χ0n) is 21.2. The van der Waals surface area contributed by atoms with Gasteiger partial charge in [-0.05, 0) is 54.7 Å². The van der Waals surface area contributed by atoms with Crippen molar-refractivity contribution in [2.24, 2.45) is 0 Å². The number of aliphatic hydroxyl groups is 1. The van der Waals surface area contributed by atoms with Gasteiger partial charge in [0.15, 0.2) is 5.13 Å². The minimum absolute atomic E-state index is 0.130. The van der Waals surface area contributed by atoms with Crippen molar-refractivity contribution in [1.29, 1.82) is 0 Å². The van der Waals surface area contributed by atoms with E-state index in [1.54, 1.807) is 26.0 Å². The number of aliphatic hydroxyl groups excluding tert-OH is 1. The van der Waals surface area contributed by atoms with Crippen molar-refractivity contribution < 1.29 is 28.6 Å². The molecule has 37 heavy (non-hydrogen) atoms. The van der Waals surface area contributed by atoms with Gasteiger partial charge in [-0.2, -0.15) is 0 Å². The van der Waals surface area contributed by atoms with Crippen molar-refractivity contribution in [3.63, 3.8) is 0 Å². The molecule has 7 nitrogen and oxygen atoms in total. The lowest BCUT2D eigenvalue weighted by atomic mass is 9.85. The zero-order chi connectivity index (χ0) is 27.1. The molecule has 0 radical (unpaired) electrons. The van der Waals surface area contributed by atoms with Crippen LogP contribution in [0, 0.1) is 12.7 Å². The van der Waals surface area contributed by atoms with E-state index < -0.39 is 35.3 Å². The first-order valence-electron chi connectivity index (χ1n) is 11.8. The Morgan fingerprint density at radius 2 is 1.73 bits per heavy atom. The number of Topliss-reactive ketones (excluding diaryl/α,β-unsaturated/α-hetero) is 1. The van der Waals surface area contributed by atoms with Crippen LogP contribution >= 0.6 is 11.3 Å². The lowest BCUT2D eigenvalue weighted by Crippen LogP contribution is -2.29. The Morgan fingerprint density at radius 3 is 2.30 bits per heavy atom. The van der Waals surface area contributed by atoms with E-state index in [1.807, 2.05) is 12.1 Å². The van der Waals surface area contributed by atoms with Crippen LogP contribution in [0.4, 0.5) is 9.52 Å². The van der Waals surface area contributed by atoms with Gasteiger partial charge >= 0.3 is 11.9 Å². The molecule has 1 fully saturated rings. The van der Waals surface area contributed by atoms with Crippen molar-refractivity contribution in [1.82, 2.24) is 4.98 Å². The average molecular weight is 523 g/mol. The Bertz CT molecular complexity index is 1400. The van der Waals surface area contributed by atoms with Gasteiger partial charge in [-0.25, -0.2) is 14.2 Å². The van der Waals surface area contributed by atoms with E-state index in [1.165, 1.54) is 17.0 Å². The van der Waals surface area contributed by atoms with Gasteiger partial charge in [0, 0.05) is 5.56 Å². The van der Waals surface area contributed by atoms with Crippen molar-refractivity contribution in [3.05, 3.63) is 87.2 Å². The Morgan fingerprint density at radius 1 is 1.11 bits per heavy atom. The maximum absolute atomic E-state index is 13.5. The minimum atomic E-state index is -1.01. The van der Waals surface area contributed by atoms with Crippen LogP contribution in [-0.2, 0) is 19.7 Å². The number of carbonyl (C=O) groups excluding carboxylic acids is 3. The van der Waals surface area contributed by atoms with Gasteiger partial charge in [0.25, 0.3) is 5.78 Å². The SMILES string of the molecule is CCOC(=O)c1sc(N2C(=O)C(=O)/C(=C(/O)c3ccc(F)cc3)[C@H]2c2ccc(C(C)(C)C)cc2)nc1C. The van der Waals surface area contributed by atoms with Gasteiger partial charge < -0.3 is 9.84 Å². The first-order chi connectivity index (χ1) is 17.4. The van der Waals surface area contributed by atoms with E-state index in [0.717, 1.165) is 29.0 Å². The topological polar surface area (TPSA) is 96.8 Å². The smallest absolute Gasteiger partial charge is 0.350 e. The van der Waals surface area contributed by atoms with Gasteiger partial charge in [-0.3, -0.25) is 14.5 Å². The van der Waals surface area contributed by atoms with Crippen LogP contribution in [-0.4, -0.2) is 34.4 Å². The molecular weight excluding hydrogens is 495 g/mol. The second kappa shape index (κ2) is 9.89. The summed E-state index contributed by atoms with van der Waals surface area (Å²) >= 11 is 0.941. The molecule has 1 amide bonds. The fraction of sp³-hybridized carbons (Fsp3) is 0.286. The van der Waals surface area contributed by atoms with Crippen LogP contribution < -0.4 is 4.90 Å². The summed E-state index contributed by atoms with van der Waals surface area (Å²) in [5, 5.41) is 11.3. The highest BCUT2D eigenvalue weighted by Crippen LogP contribution is 2.44. The predicted octanol–water partition coefficient (Wildman–Crippen LogP) is 5.69. The number of ether oxygens (including phenoxy) is 1. The molecule has 2 heterocycles. The highest BCUT2D eigenvalue weighted by molar-refractivity contribution is 7.17. The Labute approximate surface area is 218 Å². The molecule has 1 aromatic heterocycles. The van der Waals surface area contributed by atoms with E-state index in [4.69, 9.17) is 4.74 Å². The van der Waals surface area contributed by atoms with Crippen LogP contribution in [0.5, 0.6) is 0 Å². The van der Waals surface area contributed by atoms with Gasteiger partial charge in [0.2, 0.25) is 0 Å². The van der Waals surface area contributed by atoms with E-state index in [2.05, 4.69) is 25.8 Å². The highest BCUT2D eigenvalue weighted by atomic mass is 32.1. The molecule has 0 bridgehead atoms. The summed E-state index contributed by atoms with van der Waals surface area (Å²) in [6.07, 6.45) is 0. The second-order valence-corrected chi connectivity index (χ2v) is 10.7. The summed E-state index contributed by atoms with van der Waals surface area (Å²) in [6.45, 7) is 9.68. The summed E-state index contributed by atoms with van der Waals surface area (Å²) in [7, 11) is 0. The summed E-state index contributed by atoms with van der Waals surface area (Å²) in [4.78, 5) is 44.9. The first kappa shape index (κ1) is 26.2. The monoisotopic (exact) mass is 522 g/mol. The van der Waals surface area contributed by atoms with Crippen LogP contribution in [0.2, 0.25) is 0 Å². The minimum Gasteiger partial charge on any atom is -0.507 e. The average Bonchev–Trinajstić information content (AvgIpc) is 3.35. The van der Waals surface area contributed by atoms with Crippen LogP contribution in [0.3, 0.4) is 0 Å². The largest absolute Gasteiger partial charge is 0.507 e. The molecule has 1 aliphatic heterocycles. The number of hydrogen-bond donors (Lipinski definition) is 1. The van der Waals surface area contributed by atoms with E-state index >= 15 is 0 Å². The Hall–Kier alpha value is -3.85. The fourth-order valence-electron chi connectivity index (χ4n) is 4.15. The first-order valence-corrected chi connectivity index (χ1v) is 12.6. The molecule has 192 valence electrons. The fourth-order valence-corrected chi connectivity index (χ4v) is 5.13. The van der Waals surface area contributed by atoms with Gasteiger partial charge in [-0.15, -0.1) is 0 Å². The Balaban J connectivity index is 1.91. The predicted molar refractivity (Wildman–Crippen MR) is 139 cm³/mol. The molecule has 1 saturated heterocycles. The quantitative estimate of drug-likeness (QED) is 0.200. The molecule has 0 spiro atoms. The number of aromatic nitrogens is 1. The maximum atomic E-state index is 13.5. The standard InChI is InChI=1S/C28H27FN2O5S/c1-6-36-26(35)24-15(2)30-27(37-24)31-21(16-7-11-18(12-8-16)28(3,4)5)20(23(33)25(31)34)22(32)17-9-13-19(29)14-10-17/h7-14,21,32H,6H2,1-5H3/b22-20+/t21-/m1/s1. The molecule has 9 heteroatoms. The number of nitrogens with zero attached hydrogens (tertiary/aromatic N) is 2.